The summed E-state index contributed by atoms with van der Waals surface area (Å²) in [5.74, 6) is -0.0699. The standard InChI is InChI=1S/C13H26N2O3/c1-13(2,5-8-16)10-15-12(17)9-18-11-3-6-14-7-4-11/h11,14,16H,3-10H2,1-2H3,(H,15,17). The molecule has 1 rings (SSSR count). The fourth-order valence-corrected chi connectivity index (χ4v) is 1.94. The van der Waals surface area contributed by atoms with Crippen molar-refractivity contribution in [3.05, 3.63) is 0 Å². The Morgan fingerprint density at radius 2 is 2.11 bits per heavy atom. The Morgan fingerprint density at radius 3 is 2.72 bits per heavy atom. The molecule has 0 spiro atoms. The number of hydrogen-bond donors (Lipinski definition) is 3. The number of aliphatic hydroxyl groups excluding tert-OH is 1. The Bertz CT molecular complexity index is 251. The monoisotopic (exact) mass is 258 g/mol. The van der Waals surface area contributed by atoms with E-state index >= 15 is 0 Å². The predicted octanol–water partition coefficient (Wildman–Crippen LogP) is 0.280. The molecule has 5 nitrogen and oxygen atoms in total. The SMILES string of the molecule is CC(C)(CCO)CNC(=O)COC1CCNCC1. The van der Waals surface area contributed by atoms with Gasteiger partial charge in [0.2, 0.25) is 5.91 Å². The van der Waals surface area contributed by atoms with E-state index in [1.54, 1.807) is 0 Å². The Labute approximate surface area is 109 Å². The van der Waals surface area contributed by atoms with E-state index in [1.807, 2.05) is 13.8 Å². The van der Waals surface area contributed by atoms with Gasteiger partial charge in [0, 0.05) is 13.2 Å². The van der Waals surface area contributed by atoms with Crippen molar-refractivity contribution in [2.45, 2.75) is 39.2 Å². The second-order valence-electron chi connectivity index (χ2n) is 5.67. The lowest BCUT2D eigenvalue weighted by Crippen LogP contribution is -2.39. The number of rotatable bonds is 7. The van der Waals surface area contributed by atoms with Crippen LogP contribution in [-0.2, 0) is 9.53 Å². The highest BCUT2D eigenvalue weighted by molar-refractivity contribution is 5.77. The molecule has 0 saturated carbocycles. The fourth-order valence-electron chi connectivity index (χ4n) is 1.94. The summed E-state index contributed by atoms with van der Waals surface area (Å²) in [6.07, 6.45) is 2.84. The van der Waals surface area contributed by atoms with Crippen LogP contribution < -0.4 is 10.6 Å². The second kappa shape index (κ2) is 7.71. The summed E-state index contributed by atoms with van der Waals surface area (Å²) in [6.45, 7) is 6.84. The van der Waals surface area contributed by atoms with Gasteiger partial charge in [0.05, 0.1) is 6.10 Å². The van der Waals surface area contributed by atoms with E-state index in [0.29, 0.717) is 13.0 Å². The molecule has 1 aliphatic rings. The van der Waals surface area contributed by atoms with Gasteiger partial charge >= 0.3 is 0 Å². The minimum Gasteiger partial charge on any atom is -0.396 e. The van der Waals surface area contributed by atoms with Crippen molar-refractivity contribution in [1.29, 1.82) is 0 Å². The molecule has 0 radical (unpaired) electrons. The fraction of sp³-hybridized carbons (Fsp3) is 0.923. The predicted molar refractivity (Wildman–Crippen MR) is 70.3 cm³/mol. The van der Waals surface area contributed by atoms with Crippen molar-refractivity contribution < 1.29 is 14.6 Å². The first-order valence-corrected chi connectivity index (χ1v) is 6.73. The average molecular weight is 258 g/mol. The van der Waals surface area contributed by atoms with Crippen LogP contribution in [0.25, 0.3) is 0 Å². The molecule has 3 N–H and O–H groups in total. The molecular formula is C13H26N2O3. The van der Waals surface area contributed by atoms with Gasteiger partial charge in [-0.1, -0.05) is 13.8 Å². The lowest BCUT2D eigenvalue weighted by Gasteiger charge is -2.25. The van der Waals surface area contributed by atoms with E-state index in [2.05, 4.69) is 10.6 Å². The van der Waals surface area contributed by atoms with Crippen LogP contribution >= 0.6 is 0 Å². The molecule has 1 saturated heterocycles. The molecule has 0 aromatic heterocycles. The van der Waals surface area contributed by atoms with Crippen LogP contribution in [0.15, 0.2) is 0 Å². The zero-order chi connectivity index (χ0) is 13.4. The van der Waals surface area contributed by atoms with Crippen LogP contribution in [0.3, 0.4) is 0 Å². The first-order valence-electron chi connectivity index (χ1n) is 6.73. The number of ether oxygens (including phenoxy) is 1. The maximum atomic E-state index is 11.6. The molecule has 106 valence electrons. The minimum atomic E-state index is -0.0703. The van der Waals surface area contributed by atoms with Gasteiger partial charge in [0.1, 0.15) is 6.61 Å². The van der Waals surface area contributed by atoms with Gasteiger partial charge in [0.25, 0.3) is 0 Å². The summed E-state index contributed by atoms with van der Waals surface area (Å²) in [5.41, 5.74) is -0.0703. The molecule has 1 amide bonds. The van der Waals surface area contributed by atoms with Gasteiger partial charge in [0.15, 0.2) is 0 Å². The molecule has 0 aromatic rings. The van der Waals surface area contributed by atoms with Crippen molar-refractivity contribution in [3.8, 4) is 0 Å². The number of amides is 1. The van der Waals surface area contributed by atoms with Crippen LogP contribution in [-0.4, -0.2) is 50.0 Å². The van der Waals surface area contributed by atoms with Gasteiger partial charge in [-0.2, -0.15) is 0 Å². The number of aliphatic hydroxyl groups is 1. The van der Waals surface area contributed by atoms with E-state index in [1.165, 1.54) is 0 Å². The third-order valence-electron chi connectivity index (χ3n) is 3.29. The normalized spacial score (nSPS) is 17.7. The maximum absolute atomic E-state index is 11.6. The summed E-state index contributed by atoms with van der Waals surface area (Å²) >= 11 is 0. The van der Waals surface area contributed by atoms with Crippen LogP contribution in [0.1, 0.15) is 33.1 Å². The number of carbonyl (C=O) groups is 1. The smallest absolute Gasteiger partial charge is 0.246 e. The van der Waals surface area contributed by atoms with Crippen LogP contribution in [0.4, 0.5) is 0 Å². The Balaban J connectivity index is 2.13. The highest BCUT2D eigenvalue weighted by Crippen LogP contribution is 2.17. The molecule has 5 heteroatoms. The lowest BCUT2D eigenvalue weighted by atomic mass is 9.90. The topological polar surface area (TPSA) is 70.6 Å². The van der Waals surface area contributed by atoms with Crippen molar-refractivity contribution in [3.63, 3.8) is 0 Å². The Morgan fingerprint density at radius 1 is 1.44 bits per heavy atom. The lowest BCUT2D eigenvalue weighted by molar-refractivity contribution is -0.128. The molecule has 1 aliphatic heterocycles. The van der Waals surface area contributed by atoms with E-state index in [9.17, 15) is 4.79 Å². The van der Waals surface area contributed by atoms with E-state index in [0.717, 1.165) is 25.9 Å². The molecule has 0 bridgehead atoms. The third-order valence-corrected chi connectivity index (χ3v) is 3.29. The van der Waals surface area contributed by atoms with Gasteiger partial charge in [-0.25, -0.2) is 0 Å². The minimum absolute atomic E-state index is 0.0699. The van der Waals surface area contributed by atoms with E-state index in [4.69, 9.17) is 9.84 Å². The van der Waals surface area contributed by atoms with Crippen molar-refractivity contribution in [2.24, 2.45) is 5.41 Å². The van der Waals surface area contributed by atoms with E-state index < -0.39 is 0 Å². The number of nitrogens with one attached hydrogen (secondary N) is 2. The average Bonchev–Trinajstić information content (AvgIpc) is 2.35. The molecule has 0 aliphatic carbocycles. The van der Waals surface area contributed by atoms with Gasteiger partial charge < -0.3 is 20.5 Å². The summed E-state index contributed by atoms with van der Waals surface area (Å²) in [6, 6.07) is 0. The zero-order valence-corrected chi connectivity index (χ0v) is 11.5. The Hall–Kier alpha value is -0.650. The van der Waals surface area contributed by atoms with Crippen LogP contribution in [0, 0.1) is 5.41 Å². The molecule has 1 heterocycles. The molecule has 0 unspecified atom stereocenters. The van der Waals surface area contributed by atoms with E-state index in [-0.39, 0.29) is 30.6 Å². The van der Waals surface area contributed by atoms with Crippen molar-refractivity contribution in [2.75, 3.05) is 32.8 Å². The largest absolute Gasteiger partial charge is 0.396 e. The van der Waals surface area contributed by atoms with Crippen LogP contribution in [0.2, 0.25) is 0 Å². The zero-order valence-electron chi connectivity index (χ0n) is 11.5. The first-order chi connectivity index (χ1) is 8.53. The number of hydrogen-bond acceptors (Lipinski definition) is 4. The Kier molecular flexibility index (Phi) is 6.60. The second-order valence-corrected chi connectivity index (χ2v) is 5.67. The quantitative estimate of drug-likeness (QED) is 0.613. The molecule has 0 aromatic carbocycles. The molecular weight excluding hydrogens is 232 g/mol. The van der Waals surface area contributed by atoms with Crippen molar-refractivity contribution in [1.82, 2.24) is 10.6 Å². The summed E-state index contributed by atoms with van der Waals surface area (Å²) in [5, 5.41) is 15.0. The first kappa shape index (κ1) is 15.4. The third kappa shape index (κ3) is 6.33. The highest BCUT2D eigenvalue weighted by Gasteiger charge is 2.19. The molecule has 1 fully saturated rings. The summed E-state index contributed by atoms with van der Waals surface area (Å²) < 4.78 is 5.57. The van der Waals surface area contributed by atoms with Gasteiger partial charge in [-0.05, 0) is 37.8 Å². The number of carbonyl (C=O) groups excluding carboxylic acids is 1. The number of piperidine rings is 1. The summed E-state index contributed by atoms with van der Waals surface area (Å²) in [7, 11) is 0. The molecule has 18 heavy (non-hydrogen) atoms. The maximum Gasteiger partial charge on any atom is 0.246 e. The van der Waals surface area contributed by atoms with Crippen LogP contribution in [0.5, 0.6) is 0 Å². The van der Waals surface area contributed by atoms with Gasteiger partial charge in [-0.3, -0.25) is 4.79 Å². The highest BCUT2D eigenvalue weighted by atomic mass is 16.5. The van der Waals surface area contributed by atoms with Crippen molar-refractivity contribution >= 4 is 5.91 Å². The summed E-state index contributed by atoms with van der Waals surface area (Å²) in [4.78, 5) is 11.6. The molecule has 0 atom stereocenters. The van der Waals surface area contributed by atoms with Gasteiger partial charge in [-0.15, -0.1) is 0 Å².